The highest BCUT2D eigenvalue weighted by molar-refractivity contribution is 9.10. The largest absolute Gasteiger partial charge is 0.394 e. The van der Waals surface area contributed by atoms with Gasteiger partial charge in [0.25, 0.3) is 0 Å². The smallest absolute Gasteiger partial charge is 0.0644 e. The summed E-state index contributed by atoms with van der Waals surface area (Å²) in [6.07, 6.45) is 7.08. The van der Waals surface area contributed by atoms with E-state index >= 15 is 0 Å². The number of pyridine rings is 1. The van der Waals surface area contributed by atoms with Crippen LogP contribution in [0.4, 0.5) is 0 Å². The van der Waals surface area contributed by atoms with E-state index in [9.17, 15) is 0 Å². The van der Waals surface area contributed by atoms with Crippen molar-refractivity contribution >= 4 is 15.9 Å². The number of rotatable bonds is 5. The molecule has 6 heteroatoms. The van der Waals surface area contributed by atoms with Crippen LogP contribution in [0.25, 0.3) is 0 Å². The van der Waals surface area contributed by atoms with Gasteiger partial charge in [-0.3, -0.25) is 9.67 Å². The molecule has 0 spiro atoms. The minimum Gasteiger partial charge on any atom is -0.394 e. The lowest BCUT2D eigenvalue weighted by atomic mass is 9.93. The topological polar surface area (TPSA) is 63.0 Å². The van der Waals surface area contributed by atoms with Crippen molar-refractivity contribution in [3.8, 4) is 0 Å². The van der Waals surface area contributed by atoms with Crippen LogP contribution in [0.3, 0.4) is 0 Å². The van der Waals surface area contributed by atoms with Gasteiger partial charge in [0.05, 0.1) is 25.0 Å². The van der Waals surface area contributed by atoms with Crippen LogP contribution >= 0.6 is 15.9 Å². The number of aliphatic hydroxyl groups excluding tert-OH is 1. The van der Waals surface area contributed by atoms with Gasteiger partial charge in [-0.2, -0.15) is 5.10 Å². The summed E-state index contributed by atoms with van der Waals surface area (Å²) in [7, 11) is 0. The van der Waals surface area contributed by atoms with Crippen LogP contribution in [0, 0.1) is 0 Å². The Labute approximate surface area is 132 Å². The maximum atomic E-state index is 9.09. The molecule has 21 heavy (non-hydrogen) atoms. The Morgan fingerprint density at radius 3 is 3.05 bits per heavy atom. The molecule has 1 unspecified atom stereocenters. The Morgan fingerprint density at radius 2 is 2.29 bits per heavy atom. The van der Waals surface area contributed by atoms with E-state index < -0.39 is 0 Å². The van der Waals surface area contributed by atoms with Gasteiger partial charge >= 0.3 is 0 Å². The predicted molar refractivity (Wildman–Crippen MR) is 83.8 cm³/mol. The molecule has 1 atom stereocenters. The highest BCUT2D eigenvalue weighted by Crippen LogP contribution is 2.29. The fourth-order valence-electron chi connectivity index (χ4n) is 2.86. The summed E-state index contributed by atoms with van der Waals surface area (Å²) < 4.78 is 2.93. The molecule has 1 aliphatic rings. The number of aliphatic hydroxyl groups is 1. The molecule has 0 amide bonds. The van der Waals surface area contributed by atoms with Crippen LogP contribution in [0.2, 0.25) is 0 Å². The van der Waals surface area contributed by atoms with Gasteiger partial charge in [-0.1, -0.05) is 0 Å². The van der Waals surface area contributed by atoms with Crippen molar-refractivity contribution in [3.63, 3.8) is 0 Å². The molecule has 0 bridgehead atoms. The van der Waals surface area contributed by atoms with Gasteiger partial charge in [0.2, 0.25) is 0 Å². The van der Waals surface area contributed by atoms with Gasteiger partial charge in [-0.25, -0.2) is 0 Å². The number of hydrogen-bond acceptors (Lipinski definition) is 4. The summed E-state index contributed by atoms with van der Waals surface area (Å²) in [6.45, 7) is 1.47. The Bertz CT molecular complexity index is 596. The van der Waals surface area contributed by atoms with Gasteiger partial charge in [0.1, 0.15) is 0 Å². The second-order valence-electron chi connectivity index (χ2n) is 5.29. The first-order valence-corrected chi connectivity index (χ1v) is 8.06. The molecular formula is C15H19BrN4O. The lowest BCUT2D eigenvalue weighted by molar-refractivity contribution is 0.266. The van der Waals surface area contributed by atoms with Gasteiger partial charge in [-0.15, -0.1) is 0 Å². The predicted octanol–water partition coefficient (Wildman–Crippen LogP) is 2.20. The first-order valence-electron chi connectivity index (χ1n) is 7.27. The fraction of sp³-hybridized carbons (Fsp3) is 0.467. The van der Waals surface area contributed by atoms with Crippen molar-refractivity contribution in [1.29, 1.82) is 0 Å². The highest BCUT2D eigenvalue weighted by Gasteiger charge is 2.23. The van der Waals surface area contributed by atoms with Crippen LogP contribution < -0.4 is 5.32 Å². The first-order chi connectivity index (χ1) is 10.3. The molecule has 3 rings (SSSR count). The van der Waals surface area contributed by atoms with Crippen molar-refractivity contribution in [2.45, 2.75) is 38.4 Å². The van der Waals surface area contributed by atoms with Crippen molar-refractivity contribution < 1.29 is 5.11 Å². The summed E-state index contributed by atoms with van der Waals surface area (Å²) >= 11 is 3.40. The quantitative estimate of drug-likeness (QED) is 0.867. The molecule has 1 aliphatic carbocycles. The average molecular weight is 351 g/mol. The molecule has 2 N–H and O–H groups in total. The molecular weight excluding hydrogens is 332 g/mol. The zero-order valence-electron chi connectivity index (χ0n) is 11.8. The molecule has 0 aliphatic heterocycles. The van der Waals surface area contributed by atoms with E-state index in [1.165, 1.54) is 11.3 Å². The van der Waals surface area contributed by atoms with Crippen LogP contribution in [0.1, 0.15) is 35.8 Å². The minimum atomic E-state index is 0.134. The lowest BCUT2D eigenvalue weighted by Gasteiger charge is -2.24. The number of hydrogen-bond donors (Lipinski definition) is 2. The van der Waals surface area contributed by atoms with Gasteiger partial charge in [0.15, 0.2) is 0 Å². The van der Waals surface area contributed by atoms with Crippen molar-refractivity contribution in [3.05, 3.63) is 46.0 Å². The number of nitrogens with zero attached hydrogens (tertiary/aromatic N) is 3. The van der Waals surface area contributed by atoms with Crippen molar-refractivity contribution in [2.24, 2.45) is 0 Å². The SMILES string of the molecule is OCCn1ncc2c1CCCC2NCc1ccc(Br)cn1. The van der Waals surface area contributed by atoms with Crippen LogP contribution in [-0.4, -0.2) is 26.5 Å². The zero-order chi connectivity index (χ0) is 14.7. The molecule has 2 aromatic heterocycles. The fourth-order valence-corrected chi connectivity index (χ4v) is 3.09. The second kappa shape index (κ2) is 6.68. The summed E-state index contributed by atoms with van der Waals surface area (Å²) in [4.78, 5) is 4.39. The molecule has 0 fully saturated rings. The number of halogens is 1. The number of aromatic nitrogens is 3. The Kier molecular flexibility index (Phi) is 4.67. The summed E-state index contributed by atoms with van der Waals surface area (Å²) in [6, 6.07) is 4.36. The van der Waals surface area contributed by atoms with E-state index in [-0.39, 0.29) is 6.61 Å². The molecule has 0 aromatic carbocycles. The monoisotopic (exact) mass is 350 g/mol. The van der Waals surface area contributed by atoms with Gasteiger partial charge < -0.3 is 10.4 Å². The third kappa shape index (κ3) is 3.33. The molecule has 0 saturated heterocycles. The third-order valence-electron chi connectivity index (χ3n) is 3.89. The minimum absolute atomic E-state index is 0.134. The van der Waals surface area contributed by atoms with E-state index in [1.54, 1.807) is 0 Å². The number of nitrogens with one attached hydrogen (secondary N) is 1. The van der Waals surface area contributed by atoms with Gasteiger partial charge in [-0.05, 0) is 47.3 Å². The van der Waals surface area contributed by atoms with Crippen LogP contribution in [0.5, 0.6) is 0 Å². The summed E-state index contributed by atoms with van der Waals surface area (Å²) in [5, 5.41) is 17.1. The highest BCUT2D eigenvalue weighted by atomic mass is 79.9. The first kappa shape index (κ1) is 14.7. The summed E-state index contributed by atoms with van der Waals surface area (Å²) in [5.41, 5.74) is 3.57. The number of fused-ring (bicyclic) bond motifs is 1. The molecule has 0 radical (unpaired) electrons. The average Bonchev–Trinajstić information content (AvgIpc) is 2.91. The van der Waals surface area contributed by atoms with E-state index in [1.807, 2.05) is 29.2 Å². The Hall–Kier alpha value is -1.24. The molecule has 2 heterocycles. The lowest BCUT2D eigenvalue weighted by Crippen LogP contribution is -2.25. The normalized spacial score (nSPS) is 17.7. The molecule has 112 valence electrons. The maximum absolute atomic E-state index is 9.09. The van der Waals surface area contributed by atoms with E-state index in [4.69, 9.17) is 5.11 Å². The maximum Gasteiger partial charge on any atom is 0.0644 e. The van der Waals surface area contributed by atoms with E-state index in [0.29, 0.717) is 12.6 Å². The van der Waals surface area contributed by atoms with E-state index in [2.05, 4.69) is 31.3 Å². The van der Waals surface area contributed by atoms with Crippen molar-refractivity contribution in [2.75, 3.05) is 6.61 Å². The Balaban J connectivity index is 1.69. The van der Waals surface area contributed by atoms with Crippen LogP contribution in [-0.2, 0) is 19.5 Å². The van der Waals surface area contributed by atoms with E-state index in [0.717, 1.165) is 36.0 Å². The Morgan fingerprint density at radius 1 is 1.38 bits per heavy atom. The second-order valence-corrected chi connectivity index (χ2v) is 6.20. The zero-order valence-corrected chi connectivity index (χ0v) is 13.4. The third-order valence-corrected chi connectivity index (χ3v) is 4.36. The standard InChI is InChI=1S/C15H19BrN4O/c16-11-4-5-12(17-8-11)9-18-14-2-1-3-15-13(14)10-19-20(15)6-7-21/h4-5,8,10,14,18,21H,1-3,6-7,9H2. The summed E-state index contributed by atoms with van der Waals surface area (Å²) in [5.74, 6) is 0. The molecule has 2 aromatic rings. The molecule has 5 nitrogen and oxygen atoms in total. The van der Waals surface area contributed by atoms with Crippen molar-refractivity contribution in [1.82, 2.24) is 20.1 Å². The van der Waals surface area contributed by atoms with Crippen LogP contribution in [0.15, 0.2) is 29.0 Å². The molecule has 0 saturated carbocycles. The van der Waals surface area contributed by atoms with Gasteiger partial charge in [0, 0.05) is 34.5 Å².